The molecule has 0 unspecified atom stereocenters. The number of anilines is 1. The van der Waals surface area contributed by atoms with E-state index >= 15 is 0 Å². The minimum Gasteiger partial charge on any atom is -0.305 e. The molecule has 0 atom stereocenters. The Kier molecular flexibility index (Phi) is 2.82. The van der Waals surface area contributed by atoms with Crippen molar-refractivity contribution in [1.82, 2.24) is 19.7 Å². The Balaban J connectivity index is 2.18. The average Bonchev–Trinajstić information content (AvgIpc) is 2.64. The van der Waals surface area contributed by atoms with E-state index in [-0.39, 0.29) is 16.8 Å². The molecule has 0 aliphatic heterocycles. The first-order chi connectivity index (χ1) is 7.66. The predicted octanol–water partition coefficient (Wildman–Crippen LogP) is 1.12. The maximum Gasteiger partial charge on any atom is 0.277 e. The lowest BCUT2D eigenvalue weighted by Crippen LogP contribution is -2.16. The van der Waals surface area contributed by atoms with Crippen LogP contribution in [-0.4, -0.2) is 25.7 Å². The van der Waals surface area contributed by atoms with Crippen LogP contribution in [0.2, 0.25) is 5.15 Å². The molecule has 0 radical (unpaired) electrons. The molecule has 0 aliphatic rings. The lowest BCUT2D eigenvalue weighted by Gasteiger charge is -2.04. The molecule has 0 spiro atoms. The van der Waals surface area contributed by atoms with Crippen molar-refractivity contribution in [3.8, 4) is 0 Å². The van der Waals surface area contributed by atoms with Crippen molar-refractivity contribution in [3.63, 3.8) is 0 Å². The Labute approximate surface area is 96.3 Å². The first-order valence-corrected chi connectivity index (χ1v) is 4.81. The third-order valence-electron chi connectivity index (χ3n) is 1.90. The van der Waals surface area contributed by atoms with Gasteiger partial charge in [0.2, 0.25) is 0 Å². The van der Waals surface area contributed by atoms with Crippen LogP contribution in [0.15, 0.2) is 24.7 Å². The number of carbonyl (C=O) groups is 1. The molecule has 2 rings (SSSR count). The van der Waals surface area contributed by atoms with E-state index in [1.54, 1.807) is 19.3 Å². The van der Waals surface area contributed by atoms with Crippen LogP contribution < -0.4 is 5.32 Å². The highest BCUT2D eigenvalue weighted by atomic mass is 35.5. The van der Waals surface area contributed by atoms with E-state index in [0.717, 1.165) is 0 Å². The number of carbonyl (C=O) groups excluding carboxylic acids is 1. The van der Waals surface area contributed by atoms with Gasteiger partial charge in [-0.1, -0.05) is 11.6 Å². The van der Waals surface area contributed by atoms with E-state index in [0.29, 0.717) is 5.82 Å². The molecule has 1 amide bonds. The predicted molar refractivity (Wildman–Crippen MR) is 58.2 cm³/mol. The van der Waals surface area contributed by atoms with Crippen LogP contribution in [0.5, 0.6) is 0 Å². The number of hydrogen-bond acceptors (Lipinski definition) is 4. The Hall–Kier alpha value is -1.95. The second-order valence-corrected chi connectivity index (χ2v) is 3.41. The lowest BCUT2D eigenvalue weighted by molar-refractivity contribution is 0.102. The number of halogens is 1. The summed E-state index contributed by atoms with van der Waals surface area (Å²) >= 11 is 5.63. The van der Waals surface area contributed by atoms with Crippen molar-refractivity contribution in [3.05, 3.63) is 35.5 Å². The zero-order valence-electron chi connectivity index (χ0n) is 8.38. The van der Waals surface area contributed by atoms with Crippen molar-refractivity contribution in [2.24, 2.45) is 7.05 Å². The number of aryl methyl sites for hydroxylation is 1. The van der Waals surface area contributed by atoms with Crippen molar-refractivity contribution in [1.29, 1.82) is 0 Å². The van der Waals surface area contributed by atoms with Gasteiger partial charge in [-0.05, 0) is 0 Å². The molecule has 6 nitrogen and oxygen atoms in total. The van der Waals surface area contributed by atoms with Gasteiger partial charge in [-0.2, -0.15) is 5.10 Å². The molecule has 0 fully saturated rings. The summed E-state index contributed by atoms with van der Waals surface area (Å²) in [5.74, 6) is 0.199. The highest BCUT2D eigenvalue weighted by Crippen LogP contribution is 2.07. The smallest absolute Gasteiger partial charge is 0.277 e. The van der Waals surface area contributed by atoms with Gasteiger partial charge in [0.05, 0.1) is 18.6 Å². The molecule has 0 bridgehead atoms. The summed E-state index contributed by atoms with van der Waals surface area (Å²) in [4.78, 5) is 19.3. The van der Waals surface area contributed by atoms with Crippen molar-refractivity contribution in [2.75, 3.05) is 5.32 Å². The second-order valence-electron chi connectivity index (χ2n) is 3.02. The summed E-state index contributed by atoms with van der Waals surface area (Å²) in [6, 6.07) is 1.68. The highest BCUT2D eigenvalue weighted by Gasteiger charge is 2.10. The zero-order chi connectivity index (χ0) is 11.5. The van der Waals surface area contributed by atoms with Crippen LogP contribution in [0.3, 0.4) is 0 Å². The Morgan fingerprint density at radius 1 is 1.50 bits per heavy atom. The maximum absolute atomic E-state index is 11.7. The molecule has 2 aromatic heterocycles. The normalized spacial score (nSPS) is 10.1. The van der Waals surface area contributed by atoms with Crippen LogP contribution in [-0.2, 0) is 7.05 Å². The summed E-state index contributed by atoms with van der Waals surface area (Å²) in [7, 11) is 1.72. The summed E-state index contributed by atoms with van der Waals surface area (Å²) in [5.41, 5.74) is 0.161. The fourth-order valence-electron chi connectivity index (χ4n) is 1.13. The van der Waals surface area contributed by atoms with Gasteiger partial charge < -0.3 is 5.32 Å². The van der Waals surface area contributed by atoms with Gasteiger partial charge in [0.15, 0.2) is 0 Å². The third kappa shape index (κ3) is 2.17. The minimum absolute atomic E-state index is 0.161. The number of nitrogens with zero attached hydrogens (tertiary/aromatic N) is 4. The molecule has 7 heteroatoms. The number of nitrogens with one attached hydrogen (secondary N) is 1. The van der Waals surface area contributed by atoms with Crippen LogP contribution in [0.4, 0.5) is 5.82 Å². The van der Waals surface area contributed by atoms with Gasteiger partial charge in [0, 0.05) is 13.1 Å². The van der Waals surface area contributed by atoms with Crippen molar-refractivity contribution < 1.29 is 4.79 Å². The fourth-order valence-corrected chi connectivity index (χ4v) is 1.28. The van der Waals surface area contributed by atoms with Crippen LogP contribution in [0, 0.1) is 0 Å². The summed E-state index contributed by atoms with van der Waals surface area (Å²) < 4.78 is 1.54. The lowest BCUT2D eigenvalue weighted by atomic mass is 10.4. The summed E-state index contributed by atoms with van der Waals surface area (Å²) in [6.07, 6.45) is 4.29. The minimum atomic E-state index is -0.376. The van der Waals surface area contributed by atoms with Crippen LogP contribution in [0.25, 0.3) is 0 Å². The summed E-state index contributed by atoms with van der Waals surface area (Å²) in [6.45, 7) is 0. The van der Waals surface area contributed by atoms with E-state index < -0.39 is 0 Å². The van der Waals surface area contributed by atoms with Crippen LogP contribution >= 0.6 is 11.6 Å². The van der Waals surface area contributed by atoms with E-state index in [1.807, 2.05) is 0 Å². The van der Waals surface area contributed by atoms with E-state index in [4.69, 9.17) is 11.6 Å². The van der Waals surface area contributed by atoms with Crippen molar-refractivity contribution in [2.45, 2.75) is 0 Å². The van der Waals surface area contributed by atoms with E-state index in [2.05, 4.69) is 20.4 Å². The molecule has 1 N–H and O–H groups in total. The number of hydrogen-bond donors (Lipinski definition) is 1. The average molecular weight is 238 g/mol. The maximum atomic E-state index is 11.7. The monoisotopic (exact) mass is 237 g/mol. The number of amides is 1. The Morgan fingerprint density at radius 3 is 2.94 bits per heavy atom. The first kappa shape index (κ1) is 10.6. The molecule has 0 saturated carbocycles. The standard InChI is InChI=1S/C9H8ClN5O/c1-15-8(2-3-12-15)14-9(16)6-4-11-5-7(10)13-6/h2-5H,1H3,(H,14,16). The van der Waals surface area contributed by atoms with Gasteiger partial charge in [-0.25, -0.2) is 4.98 Å². The molecule has 82 valence electrons. The SMILES string of the molecule is Cn1nccc1NC(=O)c1cncc(Cl)n1. The zero-order valence-corrected chi connectivity index (χ0v) is 9.14. The number of aromatic nitrogens is 4. The molecular weight excluding hydrogens is 230 g/mol. The Morgan fingerprint density at radius 2 is 2.31 bits per heavy atom. The quantitative estimate of drug-likeness (QED) is 0.849. The van der Waals surface area contributed by atoms with Crippen molar-refractivity contribution >= 4 is 23.3 Å². The third-order valence-corrected chi connectivity index (χ3v) is 2.08. The van der Waals surface area contributed by atoms with Gasteiger partial charge in [0.25, 0.3) is 5.91 Å². The van der Waals surface area contributed by atoms with Gasteiger partial charge in [0.1, 0.15) is 16.7 Å². The fraction of sp³-hybridized carbons (Fsp3) is 0.111. The molecule has 2 heterocycles. The molecule has 2 aromatic rings. The summed E-state index contributed by atoms with van der Waals surface area (Å²) in [5, 5.41) is 6.73. The van der Waals surface area contributed by atoms with Gasteiger partial charge in [-0.15, -0.1) is 0 Å². The molecule has 16 heavy (non-hydrogen) atoms. The topological polar surface area (TPSA) is 72.7 Å². The van der Waals surface area contributed by atoms with E-state index in [9.17, 15) is 4.79 Å². The number of rotatable bonds is 2. The molecule has 0 aromatic carbocycles. The molecular formula is C9H8ClN5O. The molecule has 0 aliphatic carbocycles. The van der Waals surface area contributed by atoms with Crippen LogP contribution in [0.1, 0.15) is 10.5 Å². The second kappa shape index (κ2) is 4.28. The van der Waals surface area contributed by atoms with Gasteiger partial charge in [-0.3, -0.25) is 14.5 Å². The molecule has 0 saturated heterocycles. The largest absolute Gasteiger partial charge is 0.305 e. The Bertz CT molecular complexity index is 524. The first-order valence-electron chi connectivity index (χ1n) is 4.44. The van der Waals surface area contributed by atoms with E-state index in [1.165, 1.54) is 17.1 Å². The van der Waals surface area contributed by atoms with Gasteiger partial charge >= 0.3 is 0 Å². The highest BCUT2D eigenvalue weighted by molar-refractivity contribution is 6.29.